The van der Waals surface area contributed by atoms with E-state index in [-0.39, 0.29) is 23.4 Å². The van der Waals surface area contributed by atoms with Crippen LogP contribution in [0, 0.1) is 13.8 Å². The molecule has 8 nitrogen and oxygen atoms in total. The van der Waals surface area contributed by atoms with E-state index < -0.39 is 15.4 Å². The normalized spacial score (nSPS) is 13.9. The number of rotatable bonds is 10. The number of esters is 1. The van der Waals surface area contributed by atoms with Crippen molar-refractivity contribution in [1.82, 2.24) is 0 Å². The molecule has 9 heteroatoms. The summed E-state index contributed by atoms with van der Waals surface area (Å²) in [6.07, 6.45) is 1.51. The number of carbonyl (C=O) groups excluding carboxylic acids is 2. The molecular weight excluding hydrogens is 492 g/mol. The molecule has 0 bridgehead atoms. The fraction of sp³-hybridized carbons (Fsp3) is 0.286. The molecule has 1 amide bonds. The number of carbonyl (C=O) groups is 2. The van der Waals surface area contributed by atoms with E-state index in [2.05, 4.69) is 10.0 Å². The van der Waals surface area contributed by atoms with Gasteiger partial charge in [-0.05, 0) is 87.2 Å². The molecule has 0 aliphatic heterocycles. The highest BCUT2D eigenvalue weighted by Crippen LogP contribution is 2.49. The number of hydrogen-bond donors (Lipinski definition) is 2. The molecule has 3 aromatic rings. The van der Waals surface area contributed by atoms with Gasteiger partial charge in [0.15, 0.2) is 6.61 Å². The number of sulfonamides is 1. The van der Waals surface area contributed by atoms with Gasteiger partial charge in [0.25, 0.3) is 15.9 Å². The fourth-order valence-corrected chi connectivity index (χ4v) is 5.15. The zero-order valence-corrected chi connectivity index (χ0v) is 21.9. The lowest BCUT2D eigenvalue weighted by molar-refractivity contribution is -0.146. The summed E-state index contributed by atoms with van der Waals surface area (Å²) in [4.78, 5) is 24.8. The summed E-state index contributed by atoms with van der Waals surface area (Å²) in [5.41, 5.74) is 2.98. The zero-order chi connectivity index (χ0) is 26.6. The average molecular weight is 523 g/mol. The van der Waals surface area contributed by atoms with Crippen molar-refractivity contribution >= 4 is 33.3 Å². The van der Waals surface area contributed by atoms with Gasteiger partial charge in [0, 0.05) is 11.4 Å². The predicted molar refractivity (Wildman–Crippen MR) is 141 cm³/mol. The van der Waals surface area contributed by atoms with Gasteiger partial charge in [0.1, 0.15) is 5.75 Å². The third-order valence-corrected chi connectivity index (χ3v) is 7.64. The highest BCUT2D eigenvalue weighted by Gasteiger charge is 2.52. The minimum absolute atomic E-state index is 0.0960. The van der Waals surface area contributed by atoms with Crippen LogP contribution in [0.2, 0.25) is 0 Å². The molecule has 1 aliphatic carbocycles. The van der Waals surface area contributed by atoms with Crippen molar-refractivity contribution < 1.29 is 27.5 Å². The quantitative estimate of drug-likeness (QED) is 0.373. The summed E-state index contributed by atoms with van der Waals surface area (Å²) in [5.74, 6) is -0.165. The maximum atomic E-state index is 12.7. The van der Waals surface area contributed by atoms with E-state index >= 15 is 0 Å². The smallest absolute Gasteiger partial charge is 0.316 e. The second-order valence-corrected chi connectivity index (χ2v) is 10.8. The Morgan fingerprint density at radius 3 is 2.16 bits per heavy atom. The summed E-state index contributed by atoms with van der Waals surface area (Å²) in [6.45, 7) is 5.53. The van der Waals surface area contributed by atoms with E-state index in [0.29, 0.717) is 29.3 Å². The summed E-state index contributed by atoms with van der Waals surface area (Å²) >= 11 is 0. The van der Waals surface area contributed by atoms with E-state index in [1.165, 1.54) is 18.2 Å². The van der Waals surface area contributed by atoms with Crippen molar-refractivity contribution in [2.45, 2.75) is 43.9 Å². The zero-order valence-electron chi connectivity index (χ0n) is 21.0. The number of anilines is 2. The molecule has 2 N–H and O–H groups in total. The van der Waals surface area contributed by atoms with Crippen molar-refractivity contribution in [2.75, 3.05) is 23.3 Å². The van der Waals surface area contributed by atoms with Crippen LogP contribution < -0.4 is 14.8 Å². The molecule has 37 heavy (non-hydrogen) atoms. The lowest BCUT2D eigenvalue weighted by Crippen LogP contribution is -2.23. The molecule has 1 aliphatic rings. The van der Waals surface area contributed by atoms with Gasteiger partial charge < -0.3 is 14.8 Å². The van der Waals surface area contributed by atoms with Crippen LogP contribution >= 0.6 is 0 Å². The monoisotopic (exact) mass is 522 g/mol. The van der Waals surface area contributed by atoms with Crippen molar-refractivity contribution in [3.63, 3.8) is 0 Å². The third-order valence-electron chi connectivity index (χ3n) is 6.26. The van der Waals surface area contributed by atoms with Crippen LogP contribution in [0.25, 0.3) is 0 Å². The Balaban J connectivity index is 1.33. The Morgan fingerprint density at radius 2 is 1.57 bits per heavy atom. The molecule has 0 aromatic heterocycles. The highest BCUT2D eigenvalue weighted by molar-refractivity contribution is 7.92. The van der Waals surface area contributed by atoms with Gasteiger partial charge in [-0.25, -0.2) is 8.42 Å². The molecule has 1 saturated carbocycles. The number of ether oxygens (including phenoxy) is 2. The Labute approximate surface area is 217 Å². The van der Waals surface area contributed by atoms with E-state index in [1.807, 2.05) is 31.2 Å². The van der Waals surface area contributed by atoms with Crippen LogP contribution in [-0.2, 0) is 29.8 Å². The van der Waals surface area contributed by atoms with Crippen LogP contribution in [0.15, 0.2) is 71.6 Å². The van der Waals surface area contributed by atoms with Gasteiger partial charge in [-0.3, -0.25) is 14.3 Å². The first-order valence-electron chi connectivity index (χ1n) is 12.0. The Bertz CT molecular complexity index is 1400. The number of nitrogens with one attached hydrogen (secondary N) is 2. The lowest BCUT2D eigenvalue weighted by Gasteiger charge is -2.15. The van der Waals surface area contributed by atoms with Crippen LogP contribution in [0.3, 0.4) is 0 Å². The van der Waals surface area contributed by atoms with Crippen LogP contribution in [0.5, 0.6) is 5.75 Å². The lowest BCUT2D eigenvalue weighted by atomic mass is 9.96. The van der Waals surface area contributed by atoms with Gasteiger partial charge in [0.2, 0.25) is 0 Å². The predicted octanol–water partition coefficient (Wildman–Crippen LogP) is 4.72. The van der Waals surface area contributed by atoms with E-state index in [9.17, 15) is 18.0 Å². The standard InChI is InChI=1S/C28H30N2O6S/c1-4-35-27(32)28(15-16-28)21-7-11-22(12-8-21)29-26(31)18-36-25-14-13-24(17-20(25)3)37(33,34)30-23-9-5-19(2)6-10-23/h5-14,17,30H,4,15-16,18H2,1-3H3,(H,29,31). The first kappa shape index (κ1) is 26.2. The van der Waals surface area contributed by atoms with Crippen LogP contribution in [0.1, 0.15) is 36.5 Å². The largest absolute Gasteiger partial charge is 0.483 e. The molecule has 194 valence electrons. The molecule has 0 saturated heterocycles. The maximum Gasteiger partial charge on any atom is 0.316 e. The summed E-state index contributed by atoms with van der Waals surface area (Å²) < 4.78 is 38.9. The molecule has 4 rings (SSSR count). The first-order valence-corrected chi connectivity index (χ1v) is 13.5. The van der Waals surface area contributed by atoms with Crippen molar-refractivity contribution in [3.05, 3.63) is 83.4 Å². The third kappa shape index (κ3) is 6.11. The summed E-state index contributed by atoms with van der Waals surface area (Å²) in [5, 5.41) is 2.77. The Morgan fingerprint density at radius 1 is 0.919 bits per heavy atom. The van der Waals surface area contributed by atoms with Crippen molar-refractivity contribution in [3.8, 4) is 5.75 Å². The van der Waals surface area contributed by atoms with Gasteiger partial charge >= 0.3 is 5.97 Å². The number of amides is 1. The Hall–Kier alpha value is -3.85. The van der Waals surface area contributed by atoms with Crippen molar-refractivity contribution in [1.29, 1.82) is 0 Å². The van der Waals surface area contributed by atoms with E-state index in [0.717, 1.165) is 24.0 Å². The first-order chi connectivity index (χ1) is 17.6. The van der Waals surface area contributed by atoms with E-state index in [4.69, 9.17) is 9.47 Å². The summed E-state index contributed by atoms with van der Waals surface area (Å²) in [7, 11) is -3.77. The highest BCUT2D eigenvalue weighted by atomic mass is 32.2. The maximum absolute atomic E-state index is 12.7. The van der Waals surface area contributed by atoms with Gasteiger partial charge in [-0.15, -0.1) is 0 Å². The van der Waals surface area contributed by atoms with Crippen molar-refractivity contribution in [2.24, 2.45) is 0 Å². The van der Waals surface area contributed by atoms with Gasteiger partial charge in [-0.1, -0.05) is 29.8 Å². The van der Waals surface area contributed by atoms with Gasteiger partial charge in [-0.2, -0.15) is 0 Å². The molecular formula is C28H30N2O6S. The molecule has 0 heterocycles. The number of benzene rings is 3. The molecule has 3 aromatic carbocycles. The SMILES string of the molecule is CCOC(=O)C1(c2ccc(NC(=O)COc3ccc(S(=O)(=O)Nc4ccc(C)cc4)cc3C)cc2)CC1. The van der Waals surface area contributed by atoms with Gasteiger partial charge in [0.05, 0.1) is 16.9 Å². The molecule has 1 fully saturated rings. The molecule has 0 atom stereocenters. The minimum atomic E-state index is -3.77. The fourth-order valence-electron chi connectivity index (χ4n) is 4.00. The topological polar surface area (TPSA) is 111 Å². The average Bonchev–Trinajstić information content (AvgIpc) is 3.67. The van der Waals surface area contributed by atoms with Crippen LogP contribution in [0.4, 0.5) is 11.4 Å². The number of aryl methyl sites for hydroxylation is 2. The van der Waals surface area contributed by atoms with E-state index in [1.54, 1.807) is 38.1 Å². The second kappa shape index (κ2) is 10.6. The molecule has 0 spiro atoms. The Kier molecular flexibility index (Phi) is 7.54. The summed E-state index contributed by atoms with van der Waals surface area (Å²) in [6, 6.07) is 18.7. The second-order valence-electron chi connectivity index (χ2n) is 9.12. The molecule has 0 unspecified atom stereocenters. The van der Waals surface area contributed by atoms with Crippen LogP contribution in [-0.4, -0.2) is 33.5 Å². The molecule has 0 radical (unpaired) electrons. The minimum Gasteiger partial charge on any atom is -0.483 e. The number of hydrogen-bond acceptors (Lipinski definition) is 6.